The average molecular weight is 393 g/mol. The number of hydrogen-bond acceptors (Lipinski definition) is 6. The van der Waals surface area contributed by atoms with Gasteiger partial charge in [0, 0.05) is 32.1 Å². The second-order valence-electron chi connectivity index (χ2n) is 7.53. The van der Waals surface area contributed by atoms with Crippen LogP contribution in [0.2, 0.25) is 0 Å². The van der Waals surface area contributed by atoms with Crippen molar-refractivity contribution < 1.29 is 12.9 Å². The largest absolute Gasteiger partial charge is 0.338 e. The van der Waals surface area contributed by atoms with Crippen molar-refractivity contribution in [3.8, 4) is 0 Å². The van der Waals surface area contributed by atoms with Gasteiger partial charge < -0.3 is 4.52 Å². The maximum Gasteiger partial charge on any atom is 0.243 e. The lowest BCUT2D eigenvalue weighted by molar-refractivity contribution is 0.124. The molecule has 0 spiro atoms. The Labute approximate surface area is 161 Å². The van der Waals surface area contributed by atoms with Gasteiger partial charge in [0.1, 0.15) is 0 Å². The minimum Gasteiger partial charge on any atom is -0.338 e. The zero-order chi connectivity index (χ0) is 19.8. The molecule has 1 atom stereocenters. The SMILES string of the molecule is Cc1ccc(C)c(S(=O)(=O)N2CCN(C(C)c3nc(C(C)C)no3)CC2)c1. The summed E-state index contributed by atoms with van der Waals surface area (Å²) in [6.45, 7) is 12.0. The molecule has 1 aromatic carbocycles. The van der Waals surface area contributed by atoms with E-state index in [1.54, 1.807) is 10.4 Å². The van der Waals surface area contributed by atoms with Gasteiger partial charge in [0.2, 0.25) is 15.9 Å². The highest BCUT2D eigenvalue weighted by Crippen LogP contribution is 2.26. The molecule has 2 aromatic rings. The molecule has 0 radical (unpaired) electrons. The second kappa shape index (κ2) is 7.69. The summed E-state index contributed by atoms with van der Waals surface area (Å²) in [5.41, 5.74) is 1.73. The van der Waals surface area contributed by atoms with Crippen LogP contribution in [-0.2, 0) is 10.0 Å². The fourth-order valence-corrected chi connectivity index (χ4v) is 5.00. The molecule has 1 aromatic heterocycles. The topological polar surface area (TPSA) is 79.5 Å². The smallest absolute Gasteiger partial charge is 0.243 e. The summed E-state index contributed by atoms with van der Waals surface area (Å²) < 4.78 is 33.1. The van der Waals surface area contributed by atoms with Crippen LogP contribution in [0.15, 0.2) is 27.6 Å². The van der Waals surface area contributed by atoms with Crippen molar-refractivity contribution in [3.63, 3.8) is 0 Å². The van der Waals surface area contributed by atoms with Gasteiger partial charge in [-0.15, -0.1) is 0 Å². The van der Waals surface area contributed by atoms with Gasteiger partial charge >= 0.3 is 0 Å². The number of aryl methyl sites for hydroxylation is 2. The van der Waals surface area contributed by atoms with Gasteiger partial charge in [-0.25, -0.2) is 8.42 Å². The van der Waals surface area contributed by atoms with Crippen molar-refractivity contribution in [2.45, 2.75) is 51.5 Å². The molecule has 0 amide bonds. The van der Waals surface area contributed by atoms with E-state index in [-0.39, 0.29) is 12.0 Å². The molecular weight excluding hydrogens is 364 g/mol. The molecule has 27 heavy (non-hydrogen) atoms. The van der Waals surface area contributed by atoms with Gasteiger partial charge in [0.05, 0.1) is 10.9 Å². The number of hydrogen-bond donors (Lipinski definition) is 0. The van der Waals surface area contributed by atoms with Crippen LogP contribution in [0, 0.1) is 13.8 Å². The van der Waals surface area contributed by atoms with Gasteiger partial charge in [-0.2, -0.15) is 9.29 Å². The quantitative estimate of drug-likeness (QED) is 0.778. The Morgan fingerprint density at radius 1 is 1.07 bits per heavy atom. The third-order valence-corrected chi connectivity index (χ3v) is 7.15. The molecule has 0 saturated carbocycles. The molecule has 1 aliphatic rings. The monoisotopic (exact) mass is 392 g/mol. The van der Waals surface area contributed by atoms with Crippen molar-refractivity contribution in [1.29, 1.82) is 0 Å². The van der Waals surface area contributed by atoms with Crippen LogP contribution in [0.1, 0.15) is 55.6 Å². The predicted molar refractivity (Wildman–Crippen MR) is 103 cm³/mol. The lowest BCUT2D eigenvalue weighted by Crippen LogP contribution is -2.49. The van der Waals surface area contributed by atoms with Gasteiger partial charge in [-0.3, -0.25) is 4.90 Å². The molecule has 3 rings (SSSR count). The van der Waals surface area contributed by atoms with Crippen molar-refractivity contribution in [1.82, 2.24) is 19.3 Å². The molecule has 2 heterocycles. The zero-order valence-electron chi connectivity index (χ0n) is 16.6. The summed E-state index contributed by atoms with van der Waals surface area (Å²) in [4.78, 5) is 7.06. The van der Waals surface area contributed by atoms with Crippen molar-refractivity contribution in [2.75, 3.05) is 26.2 Å². The van der Waals surface area contributed by atoms with Crippen molar-refractivity contribution in [3.05, 3.63) is 41.0 Å². The molecule has 7 nitrogen and oxygen atoms in total. The minimum atomic E-state index is -3.48. The van der Waals surface area contributed by atoms with E-state index in [0.29, 0.717) is 42.8 Å². The average Bonchev–Trinajstić information content (AvgIpc) is 3.13. The lowest BCUT2D eigenvalue weighted by Gasteiger charge is -2.36. The van der Waals surface area contributed by atoms with E-state index in [4.69, 9.17) is 4.52 Å². The summed E-state index contributed by atoms with van der Waals surface area (Å²) >= 11 is 0. The molecule has 1 fully saturated rings. The first-order valence-corrected chi connectivity index (χ1v) is 10.8. The first kappa shape index (κ1) is 20.0. The van der Waals surface area contributed by atoms with Gasteiger partial charge in [0.25, 0.3) is 0 Å². The summed E-state index contributed by atoms with van der Waals surface area (Å²) in [5.74, 6) is 1.51. The van der Waals surface area contributed by atoms with Crippen LogP contribution < -0.4 is 0 Å². The molecule has 1 unspecified atom stereocenters. The molecule has 1 aliphatic heterocycles. The van der Waals surface area contributed by atoms with E-state index < -0.39 is 10.0 Å². The van der Waals surface area contributed by atoms with E-state index in [9.17, 15) is 8.42 Å². The lowest BCUT2D eigenvalue weighted by atomic mass is 10.2. The Kier molecular flexibility index (Phi) is 5.69. The van der Waals surface area contributed by atoms with E-state index in [0.717, 1.165) is 11.1 Å². The molecule has 0 bridgehead atoms. The molecule has 1 saturated heterocycles. The summed E-state index contributed by atoms with van der Waals surface area (Å²) in [5, 5.41) is 4.02. The van der Waals surface area contributed by atoms with E-state index >= 15 is 0 Å². The van der Waals surface area contributed by atoms with Gasteiger partial charge in [-0.05, 0) is 38.0 Å². The first-order chi connectivity index (χ1) is 12.7. The number of aromatic nitrogens is 2. The Morgan fingerprint density at radius 3 is 2.33 bits per heavy atom. The van der Waals surface area contributed by atoms with E-state index in [1.165, 1.54) is 0 Å². The van der Waals surface area contributed by atoms with Gasteiger partial charge in [0.15, 0.2) is 5.82 Å². The fraction of sp³-hybridized carbons (Fsp3) is 0.579. The third kappa shape index (κ3) is 4.07. The molecule has 0 aliphatic carbocycles. The Bertz CT molecular complexity index is 899. The summed E-state index contributed by atoms with van der Waals surface area (Å²) in [6, 6.07) is 5.52. The molecule has 8 heteroatoms. The highest BCUT2D eigenvalue weighted by molar-refractivity contribution is 7.89. The third-order valence-electron chi connectivity index (χ3n) is 5.11. The van der Waals surface area contributed by atoms with Crippen LogP contribution in [-0.4, -0.2) is 53.9 Å². The van der Waals surface area contributed by atoms with E-state index in [2.05, 4.69) is 15.0 Å². The van der Waals surface area contributed by atoms with Crippen molar-refractivity contribution in [2.24, 2.45) is 0 Å². The number of nitrogens with zero attached hydrogens (tertiary/aromatic N) is 4. The van der Waals surface area contributed by atoms with Crippen LogP contribution in [0.25, 0.3) is 0 Å². The van der Waals surface area contributed by atoms with Gasteiger partial charge in [-0.1, -0.05) is 31.1 Å². The Balaban J connectivity index is 1.70. The second-order valence-corrected chi connectivity index (χ2v) is 9.44. The first-order valence-electron chi connectivity index (χ1n) is 9.35. The number of piperazine rings is 1. The summed E-state index contributed by atoms with van der Waals surface area (Å²) in [7, 11) is -3.48. The molecule has 0 N–H and O–H groups in total. The van der Waals surface area contributed by atoms with Crippen LogP contribution in [0.5, 0.6) is 0 Å². The predicted octanol–water partition coefficient (Wildman–Crippen LogP) is 2.88. The van der Waals surface area contributed by atoms with Crippen LogP contribution in [0.3, 0.4) is 0 Å². The normalized spacial score (nSPS) is 18.1. The van der Waals surface area contributed by atoms with Crippen LogP contribution in [0.4, 0.5) is 0 Å². The summed E-state index contributed by atoms with van der Waals surface area (Å²) in [6.07, 6.45) is 0. The van der Waals surface area contributed by atoms with Crippen LogP contribution >= 0.6 is 0 Å². The number of rotatable bonds is 5. The maximum absolute atomic E-state index is 13.1. The Morgan fingerprint density at radius 2 is 1.74 bits per heavy atom. The molecular formula is C19H28N4O3S. The van der Waals surface area contributed by atoms with Crippen molar-refractivity contribution >= 4 is 10.0 Å². The highest BCUT2D eigenvalue weighted by Gasteiger charge is 2.32. The standard InChI is InChI=1S/C19H28N4O3S/c1-13(2)18-20-19(26-21-18)16(5)22-8-10-23(11-9-22)27(24,25)17-12-14(3)6-7-15(17)4/h6-7,12-13,16H,8-11H2,1-5H3. The number of benzene rings is 1. The maximum atomic E-state index is 13.1. The fourth-order valence-electron chi connectivity index (χ4n) is 3.26. The zero-order valence-corrected chi connectivity index (χ0v) is 17.5. The number of sulfonamides is 1. The highest BCUT2D eigenvalue weighted by atomic mass is 32.2. The van der Waals surface area contributed by atoms with E-state index in [1.807, 2.05) is 46.8 Å². The minimum absolute atomic E-state index is 0.0319. The molecule has 148 valence electrons. The Hall–Kier alpha value is -1.77.